The SMILES string of the molecule is COc1c(N)ncnc1NCc1ccc(C#N)cc1. The minimum Gasteiger partial charge on any atom is -0.490 e. The summed E-state index contributed by atoms with van der Waals surface area (Å²) < 4.78 is 5.15. The predicted molar refractivity (Wildman–Crippen MR) is 71.5 cm³/mol. The van der Waals surface area contributed by atoms with Crippen molar-refractivity contribution in [1.82, 2.24) is 9.97 Å². The third kappa shape index (κ3) is 2.90. The first-order valence-corrected chi connectivity index (χ1v) is 5.62. The van der Waals surface area contributed by atoms with Crippen molar-refractivity contribution in [2.45, 2.75) is 6.54 Å². The molecule has 0 amide bonds. The fraction of sp³-hybridized carbons (Fsp3) is 0.154. The van der Waals surface area contributed by atoms with E-state index in [4.69, 9.17) is 15.7 Å². The first-order valence-electron chi connectivity index (χ1n) is 5.62. The van der Waals surface area contributed by atoms with Crippen molar-refractivity contribution in [2.24, 2.45) is 0 Å². The first-order chi connectivity index (χ1) is 9.24. The molecule has 0 aliphatic carbocycles. The maximum absolute atomic E-state index is 8.72. The zero-order valence-electron chi connectivity index (χ0n) is 10.4. The van der Waals surface area contributed by atoms with E-state index < -0.39 is 0 Å². The lowest BCUT2D eigenvalue weighted by molar-refractivity contribution is 0.415. The van der Waals surface area contributed by atoms with Gasteiger partial charge in [0.25, 0.3) is 0 Å². The van der Waals surface area contributed by atoms with E-state index in [0.717, 1.165) is 5.56 Å². The number of nitrogens with zero attached hydrogens (tertiary/aromatic N) is 3. The lowest BCUT2D eigenvalue weighted by atomic mass is 10.1. The zero-order valence-corrected chi connectivity index (χ0v) is 10.4. The van der Waals surface area contributed by atoms with Crippen molar-refractivity contribution in [3.05, 3.63) is 41.7 Å². The van der Waals surface area contributed by atoms with Gasteiger partial charge in [0, 0.05) is 6.54 Å². The highest BCUT2D eigenvalue weighted by atomic mass is 16.5. The number of ether oxygens (including phenoxy) is 1. The third-order valence-electron chi connectivity index (χ3n) is 2.58. The number of nitrogens with two attached hydrogens (primary N) is 1. The second-order valence-electron chi connectivity index (χ2n) is 3.80. The van der Waals surface area contributed by atoms with Gasteiger partial charge >= 0.3 is 0 Å². The molecule has 96 valence electrons. The quantitative estimate of drug-likeness (QED) is 0.860. The molecule has 0 aliphatic heterocycles. The minimum absolute atomic E-state index is 0.292. The number of anilines is 2. The van der Waals surface area contributed by atoms with E-state index in [2.05, 4.69) is 21.4 Å². The van der Waals surface area contributed by atoms with Gasteiger partial charge in [-0.25, -0.2) is 9.97 Å². The number of hydrogen-bond donors (Lipinski definition) is 2. The molecule has 1 aromatic carbocycles. The molecule has 1 heterocycles. The van der Waals surface area contributed by atoms with E-state index in [1.165, 1.54) is 13.4 Å². The molecule has 19 heavy (non-hydrogen) atoms. The number of nitrogen functional groups attached to an aromatic ring is 1. The van der Waals surface area contributed by atoms with E-state index in [0.29, 0.717) is 29.5 Å². The number of nitriles is 1. The molecule has 0 saturated carbocycles. The van der Waals surface area contributed by atoms with Gasteiger partial charge in [-0.05, 0) is 17.7 Å². The summed E-state index contributed by atoms with van der Waals surface area (Å²) in [6, 6.07) is 9.36. The maximum atomic E-state index is 8.72. The molecule has 6 heteroatoms. The Morgan fingerprint density at radius 1 is 1.32 bits per heavy atom. The van der Waals surface area contributed by atoms with Crippen molar-refractivity contribution in [2.75, 3.05) is 18.2 Å². The van der Waals surface area contributed by atoms with Crippen molar-refractivity contribution in [3.8, 4) is 11.8 Å². The van der Waals surface area contributed by atoms with Crippen molar-refractivity contribution < 1.29 is 4.74 Å². The Bertz CT molecular complexity index is 603. The largest absolute Gasteiger partial charge is 0.490 e. The second-order valence-corrected chi connectivity index (χ2v) is 3.80. The summed E-state index contributed by atoms with van der Waals surface area (Å²) in [4.78, 5) is 7.93. The minimum atomic E-state index is 0.292. The number of aromatic nitrogens is 2. The lowest BCUT2D eigenvalue weighted by Crippen LogP contribution is -2.06. The average molecular weight is 255 g/mol. The molecule has 2 rings (SSSR count). The predicted octanol–water partition coefficient (Wildman–Crippen LogP) is 1.55. The normalized spacial score (nSPS) is 9.68. The highest BCUT2D eigenvalue weighted by Crippen LogP contribution is 2.26. The van der Waals surface area contributed by atoms with Gasteiger partial charge in [-0.1, -0.05) is 12.1 Å². The Labute approximate surface area is 110 Å². The van der Waals surface area contributed by atoms with Crippen LogP contribution >= 0.6 is 0 Å². The van der Waals surface area contributed by atoms with Gasteiger partial charge in [0.15, 0.2) is 11.6 Å². The third-order valence-corrected chi connectivity index (χ3v) is 2.58. The van der Waals surface area contributed by atoms with Gasteiger partial charge < -0.3 is 15.8 Å². The summed E-state index contributed by atoms with van der Waals surface area (Å²) in [5.74, 6) is 1.26. The van der Waals surface area contributed by atoms with Crippen LogP contribution in [0.15, 0.2) is 30.6 Å². The zero-order chi connectivity index (χ0) is 13.7. The van der Waals surface area contributed by atoms with Gasteiger partial charge in [0.1, 0.15) is 6.33 Å². The molecule has 0 bridgehead atoms. The second kappa shape index (κ2) is 5.69. The number of methoxy groups -OCH3 is 1. The van der Waals surface area contributed by atoms with Crippen LogP contribution in [0.3, 0.4) is 0 Å². The summed E-state index contributed by atoms with van der Waals surface area (Å²) in [5, 5.41) is 11.8. The lowest BCUT2D eigenvalue weighted by Gasteiger charge is -2.10. The van der Waals surface area contributed by atoms with E-state index in [9.17, 15) is 0 Å². The Morgan fingerprint density at radius 3 is 2.68 bits per heavy atom. The summed E-state index contributed by atoms with van der Waals surface area (Å²) >= 11 is 0. The van der Waals surface area contributed by atoms with Crippen molar-refractivity contribution in [3.63, 3.8) is 0 Å². The summed E-state index contributed by atoms with van der Waals surface area (Å²) in [6.07, 6.45) is 1.37. The standard InChI is InChI=1S/C13H13N5O/c1-19-11-12(15)17-8-18-13(11)16-7-10-4-2-9(6-14)3-5-10/h2-5,8H,7H2,1H3,(H3,15,16,17,18). The molecule has 0 unspecified atom stereocenters. The van der Waals surface area contributed by atoms with Crippen LogP contribution in [0.1, 0.15) is 11.1 Å². The molecule has 0 fully saturated rings. The number of hydrogen-bond acceptors (Lipinski definition) is 6. The number of nitrogens with one attached hydrogen (secondary N) is 1. The number of benzene rings is 1. The molecule has 6 nitrogen and oxygen atoms in total. The Kier molecular flexibility index (Phi) is 3.78. The highest BCUT2D eigenvalue weighted by molar-refractivity contribution is 5.61. The van der Waals surface area contributed by atoms with Gasteiger partial charge in [-0.15, -0.1) is 0 Å². The summed E-state index contributed by atoms with van der Waals surface area (Å²) in [7, 11) is 1.52. The van der Waals surface area contributed by atoms with E-state index in [1.54, 1.807) is 12.1 Å². The van der Waals surface area contributed by atoms with Crippen LogP contribution in [-0.2, 0) is 6.54 Å². The summed E-state index contributed by atoms with van der Waals surface area (Å²) in [5.41, 5.74) is 7.34. The van der Waals surface area contributed by atoms with Gasteiger partial charge in [-0.2, -0.15) is 5.26 Å². The highest BCUT2D eigenvalue weighted by Gasteiger charge is 2.08. The Hall–Kier alpha value is -2.81. The molecule has 0 saturated heterocycles. The Balaban J connectivity index is 2.10. The van der Waals surface area contributed by atoms with Crippen LogP contribution in [0.25, 0.3) is 0 Å². The van der Waals surface area contributed by atoms with Crippen LogP contribution in [0.4, 0.5) is 11.6 Å². The average Bonchev–Trinajstić information content (AvgIpc) is 2.45. The molecular formula is C13H13N5O. The van der Waals surface area contributed by atoms with Crippen LogP contribution in [0.5, 0.6) is 5.75 Å². The molecule has 0 atom stereocenters. The molecule has 2 aromatic rings. The Morgan fingerprint density at radius 2 is 2.05 bits per heavy atom. The van der Waals surface area contributed by atoms with Crippen LogP contribution in [0.2, 0.25) is 0 Å². The van der Waals surface area contributed by atoms with Crippen LogP contribution in [0, 0.1) is 11.3 Å². The van der Waals surface area contributed by atoms with Gasteiger partial charge in [0.05, 0.1) is 18.7 Å². The monoisotopic (exact) mass is 255 g/mol. The molecule has 1 aromatic heterocycles. The smallest absolute Gasteiger partial charge is 0.203 e. The fourth-order valence-corrected chi connectivity index (χ4v) is 1.60. The molecule has 0 aliphatic rings. The van der Waals surface area contributed by atoms with E-state index >= 15 is 0 Å². The van der Waals surface area contributed by atoms with E-state index in [-0.39, 0.29) is 0 Å². The van der Waals surface area contributed by atoms with E-state index in [1.807, 2.05) is 12.1 Å². The van der Waals surface area contributed by atoms with Crippen molar-refractivity contribution in [1.29, 1.82) is 5.26 Å². The molecule has 0 radical (unpaired) electrons. The van der Waals surface area contributed by atoms with Crippen molar-refractivity contribution >= 4 is 11.6 Å². The number of rotatable bonds is 4. The maximum Gasteiger partial charge on any atom is 0.203 e. The molecule has 0 spiro atoms. The van der Waals surface area contributed by atoms with Gasteiger partial charge in [0.2, 0.25) is 5.75 Å². The van der Waals surface area contributed by atoms with Crippen LogP contribution in [-0.4, -0.2) is 17.1 Å². The topological polar surface area (TPSA) is 96.8 Å². The fourth-order valence-electron chi connectivity index (χ4n) is 1.60. The summed E-state index contributed by atoms with van der Waals surface area (Å²) in [6.45, 7) is 0.554. The van der Waals surface area contributed by atoms with Gasteiger partial charge in [-0.3, -0.25) is 0 Å². The van der Waals surface area contributed by atoms with Crippen LogP contribution < -0.4 is 15.8 Å². The molecule has 3 N–H and O–H groups in total. The first kappa shape index (κ1) is 12.6. The molecular weight excluding hydrogens is 242 g/mol.